The van der Waals surface area contributed by atoms with Crippen molar-refractivity contribution < 1.29 is 17.9 Å². The van der Waals surface area contributed by atoms with Crippen molar-refractivity contribution in [2.24, 2.45) is 0 Å². The van der Waals surface area contributed by atoms with Gasteiger partial charge in [-0.2, -0.15) is 0 Å². The van der Waals surface area contributed by atoms with Crippen LogP contribution in [0.5, 0.6) is 5.75 Å². The second-order valence-electron chi connectivity index (χ2n) is 6.36. The molecule has 2 aromatic carbocycles. The summed E-state index contributed by atoms with van der Waals surface area (Å²) >= 11 is 1.39. The van der Waals surface area contributed by atoms with Crippen LogP contribution in [0, 0.1) is 6.92 Å². The van der Waals surface area contributed by atoms with Crippen molar-refractivity contribution in [3.05, 3.63) is 70.2 Å². The van der Waals surface area contributed by atoms with Crippen LogP contribution in [0.15, 0.2) is 58.8 Å². The third kappa shape index (κ3) is 5.64. The molecule has 0 aliphatic heterocycles. The largest absolute Gasteiger partial charge is 0.487 e. The minimum absolute atomic E-state index is 0.133. The Hall–Kier alpha value is -2.71. The topological polar surface area (TPSA) is 85.4 Å². The summed E-state index contributed by atoms with van der Waals surface area (Å²) in [5.41, 5.74) is 2.57. The molecule has 0 aliphatic rings. The number of hydrogen-bond donors (Lipinski definition) is 1. The number of carbonyl (C=O) groups is 1. The summed E-state index contributed by atoms with van der Waals surface area (Å²) in [6, 6.07) is 13.9. The lowest BCUT2D eigenvalue weighted by Gasteiger charge is -2.06. The molecule has 0 unspecified atom stereocenters. The van der Waals surface area contributed by atoms with Gasteiger partial charge in [-0.05, 0) is 37.3 Å². The number of rotatable bonds is 7. The first-order valence-corrected chi connectivity index (χ1v) is 11.3. The van der Waals surface area contributed by atoms with Gasteiger partial charge in [-0.25, -0.2) is 13.4 Å². The molecule has 8 heteroatoms. The van der Waals surface area contributed by atoms with Crippen LogP contribution in [0.4, 0.5) is 5.69 Å². The predicted octanol–water partition coefficient (Wildman–Crippen LogP) is 3.62. The number of nitrogens with zero attached hydrogens (tertiary/aromatic N) is 1. The Bertz CT molecular complexity index is 1070. The lowest BCUT2D eigenvalue weighted by Crippen LogP contribution is -2.14. The summed E-state index contributed by atoms with van der Waals surface area (Å²) in [5.74, 6) is 0.320. The van der Waals surface area contributed by atoms with E-state index in [-0.39, 0.29) is 23.8 Å². The molecular formula is C20H20N2O4S2. The molecule has 0 spiro atoms. The zero-order valence-corrected chi connectivity index (χ0v) is 17.1. The van der Waals surface area contributed by atoms with Crippen LogP contribution in [0.3, 0.4) is 0 Å². The molecule has 0 bridgehead atoms. The molecule has 0 aliphatic carbocycles. The Morgan fingerprint density at radius 2 is 1.93 bits per heavy atom. The second-order valence-corrected chi connectivity index (χ2v) is 9.32. The minimum atomic E-state index is -3.28. The summed E-state index contributed by atoms with van der Waals surface area (Å²) < 4.78 is 28.8. The molecule has 3 rings (SSSR count). The van der Waals surface area contributed by atoms with Crippen LogP contribution in [-0.2, 0) is 27.7 Å². The van der Waals surface area contributed by atoms with E-state index in [0.29, 0.717) is 16.5 Å². The Morgan fingerprint density at radius 3 is 2.64 bits per heavy atom. The zero-order chi connectivity index (χ0) is 20.1. The van der Waals surface area contributed by atoms with E-state index < -0.39 is 9.84 Å². The van der Waals surface area contributed by atoms with Gasteiger partial charge in [0.15, 0.2) is 9.84 Å². The third-order valence-corrected chi connectivity index (χ3v) is 5.87. The maximum atomic E-state index is 12.2. The fourth-order valence-electron chi connectivity index (χ4n) is 2.43. The molecule has 1 N–H and O–H groups in total. The second kappa shape index (κ2) is 8.53. The average molecular weight is 417 g/mol. The van der Waals surface area contributed by atoms with E-state index in [1.807, 2.05) is 36.6 Å². The van der Waals surface area contributed by atoms with E-state index >= 15 is 0 Å². The zero-order valence-electron chi connectivity index (χ0n) is 15.5. The normalized spacial score (nSPS) is 11.2. The van der Waals surface area contributed by atoms with E-state index in [4.69, 9.17) is 4.74 Å². The van der Waals surface area contributed by atoms with Gasteiger partial charge in [-0.1, -0.05) is 23.8 Å². The third-order valence-electron chi connectivity index (χ3n) is 3.87. The number of hydrogen-bond acceptors (Lipinski definition) is 6. The van der Waals surface area contributed by atoms with Gasteiger partial charge in [0, 0.05) is 17.3 Å². The highest BCUT2D eigenvalue weighted by Gasteiger charge is 2.11. The first-order valence-electron chi connectivity index (χ1n) is 8.52. The van der Waals surface area contributed by atoms with Crippen molar-refractivity contribution in [2.75, 3.05) is 11.6 Å². The maximum absolute atomic E-state index is 12.2. The lowest BCUT2D eigenvalue weighted by atomic mass is 10.2. The van der Waals surface area contributed by atoms with E-state index in [1.54, 1.807) is 12.1 Å². The minimum Gasteiger partial charge on any atom is -0.487 e. The van der Waals surface area contributed by atoms with E-state index in [0.717, 1.165) is 17.5 Å². The first-order chi connectivity index (χ1) is 13.3. The fraction of sp³-hybridized carbons (Fsp3) is 0.200. The van der Waals surface area contributed by atoms with Gasteiger partial charge >= 0.3 is 0 Å². The van der Waals surface area contributed by atoms with Crippen molar-refractivity contribution in [3.8, 4) is 5.75 Å². The predicted molar refractivity (Wildman–Crippen MR) is 110 cm³/mol. The van der Waals surface area contributed by atoms with Crippen molar-refractivity contribution in [1.82, 2.24) is 4.98 Å². The number of nitrogens with one attached hydrogen (secondary N) is 1. The molecule has 0 saturated heterocycles. The van der Waals surface area contributed by atoms with Crippen LogP contribution in [0.2, 0.25) is 0 Å². The number of ether oxygens (including phenoxy) is 1. The Morgan fingerprint density at radius 1 is 1.18 bits per heavy atom. The van der Waals surface area contributed by atoms with Gasteiger partial charge in [-0.15, -0.1) is 11.3 Å². The van der Waals surface area contributed by atoms with Crippen LogP contribution >= 0.6 is 11.3 Å². The van der Waals surface area contributed by atoms with Crippen molar-refractivity contribution in [1.29, 1.82) is 0 Å². The molecule has 0 fully saturated rings. The smallest absolute Gasteiger partial charge is 0.231 e. The number of anilines is 1. The number of sulfone groups is 1. The van der Waals surface area contributed by atoms with E-state index in [1.165, 1.54) is 23.5 Å². The standard InChI is InChI=1S/C20H20N2O4S2/c1-14-6-8-15(9-7-14)21-19(23)11-20-22-16(13-27-20)12-26-17-4-3-5-18(10-17)28(2,24)25/h3-10,13H,11-12H2,1-2H3,(H,21,23). The molecule has 0 radical (unpaired) electrons. The summed E-state index contributed by atoms with van der Waals surface area (Å²) in [7, 11) is -3.28. The monoisotopic (exact) mass is 416 g/mol. The summed E-state index contributed by atoms with van der Waals surface area (Å²) in [6.45, 7) is 2.19. The number of thiazole rings is 1. The summed E-state index contributed by atoms with van der Waals surface area (Å²) in [4.78, 5) is 16.8. The van der Waals surface area contributed by atoms with Gasteiger partial charge in [0.25, 0.3) is 0 Å². The van der Waals surface area contributed by atoms with Crippen LogP contribution < -0.4 is 10.1 Å². The summed E-state index contributed by atoms with van der Waals surface area (Å²) in [6.07, 6.45) is 1.34. The van der Waals surface area contributed by atoms with Crippen LogP contribution in [-0.4, -0.2) is 25.6 Å². The maximum Gasteiger partial charge on any atom is 0.231 e. The highest BCUT2D eigenvalue weighted by Crippen LogP contribution is 2.19. The number of carbonyl (C=O) groups excluding carboxylic acids is 1. The van der Waals surface area contributed by atoms with Crippen LogP contribution in [0.1, 0.15) is 16.3 Å². The molecule has 6 nitrogen and oxygen atoms in total. The molecule has 1 amide bonds. The molecule has 3 aromatic rings. The molecule has 1 aromatic heterocycles. The van der Waals surface area contributed by atoms with Crippen molar-refractivity contribution >= 4 is 32.8 Å². The highest BCUT2D eigenvalue weighted by atomic mass is 32.2. The summed E-state index contributed by atoms with van der Waals surface area (Å²) in [5, 5.41) is 5.36. The number of benzene rings is 2. The molecule has 0 saturated carbocycles. The quantitative estimate of drug-likeness (QED) is 0.636. The molecule has 146 valence electrons. The van der Waals surface area contributed by atoms with Gasteiger partial charge in [0.2, 0.25) is 5.91 Å². The van der Waals surface area contributed by atoms with Crippen molar-refractivity contribution in [2.45, 2.75) is 24.8 Å². The van der Waals surface area contributed by atoms with Gasteiger partial charge in [0.1, 0.15) is 17.4 Å². The van der Waals surface area contributed by atoms with E-state index in [9.17, 15) is 13.2 Å². The fourth-order valence-corrected chi connectivity index (χ4v) is 3.86. The molecule has 28 heavy (non-hydrogen) atoms. The number of aromatic nitrogens is 1. The van der Waals surface area contributed by atoms with Crippen molar-refractivity contribution in [3.63, 3.8) is 0 Å². The van der Waals surface area contributed by atoms with Gasteiger partial charge < -0.3 is 10.1 Å². The molecule has 0 atom stereocenters. The Balaban J connectivity index is 1.55. The van der Waals surface area contributed by atoms with Crippen LogP contribution in [0.25, 0.3) is 0 Å². The Kier molecular flexibility index (Phi) is 6.11. The van der Waals surface area contributed by atoms with Gasteiger partial charge in [-0.3, -0.25) is 4.79 Å². The van der Waals surface area contributed by atoms with E-state index in [2.05, 4.69) is 10.3 Å². The molecular weight excluding hydrogens is 396 g/mol. The Labute approximate surface area is 168 Å². The lowest BCUT2D eigenvalue weighted by molar-refractivity contribution is -0.115. The van der Waals surface area contributed by atoms with Gasteiger partial charge in [0.05, 0.1) is 17.0 Å². The highest BCUT2D eigenvalue weighted by molar-refractivity contribution is 7.90. The molecule has 1 heterocycles. The average Bonchev–Trinajstić information content (AvgIpc) is 3.09. The SMILES string of the molecule is Cc1ccc(NC(=O)Cc2nc(COc3cccc(S(C)(=O)=O)c3)cs2)cc1. The number of amides is 1. The number of aryl methyl sites for hydroxylation is 1. The first kappa shape index (κ1) is 20.0.